The minimum atomic E-state index is -0.287. The van der Waals surface area contributed by atoms with Gasteiger partial charge in [0.1, 0.15) is 11.6 Å². The number of aryl methyl sites for hydroxylation is 1. The summed E-state index contributed by atoms with van der Waals surface area (Å²) in [5.41, 5.74) is 17.2. The van der Waals surface area contributed by atoms with E-state index in [0.29, 0.717) is 52.7 Å². The summed E-state index contributed by atoms with van der Waals surface area (Å²) in [7, 11) is 4.69. The zero-order valence-electron chi connectivity index (χ0n) is 52.4. The normalized spacial score (nSPS) is 12.5. The minimum Gasteiger partial charge on any atom is -0.495 e. The number of hydrogen-bond donors (Lipinski definition) is 3. The third kappa shape index (κ3) is 14.5. The molecule has 9 nitrogen and oxygen atoms in total. The molecule has 0 spiro atoms. The van der Waals surface area contributed by atoms with Gasteiger partial charge in [0, 0.05) is 68.7 Å². The van der Waals surface area contributed by atoms with Gasteiger partial charge in [-0.25, -0.2) is 13.2 Å². The van der Waals surface area contributed by atoms with Gasteiger partial charge in [0.25, 0.3) is 0 Å². The second-order valence-corrected chi connectivity index (χ2v) is 24.6. The molecule has 0 fully saturated rings. The summed E-state index contributed by atoms with van der Waals surface area (Å²) in [5.74, 6) is 3.23. The molecule has 0 saturated heterocycles. The lowest BCUT2D eigenvalue weighted by atomic mass is 9.94. The summed E-state index contributed by atoms with van der Waals surface area (Å²) in [5, 5.41) is 12.3. The van der Waals surface area contributed by atoms with Crippen LogP contribution in [0, 0.1) is 17.5 Å². The van der Waals surface area contributed by atoms with E-state index >= 15 is 0 Å². The van der Waals surface area contributed by atoms with Crippen LogP contribution in [0.25, 0.3) is 44.9 Å². The van der Waals surface area contributed by atoms with Crippen LogP contribution in [-0.2, 0) is 25.8 Å². The zero-order valence-corrected chi connectivity index (χ0v) is 54.7. The first-order valence-corrected chi connectivity index (χ1v) is 30.6. The number of aliphatic imine (C=N–C) groups is 1. The summed E-state index contributed by atoms with van der Waals surface area (Å²) >= 11 is 18.2. The number of nitrogens with one attached hydrogen (secondary N) is 3. The number of aromatic nitrogens is 5. The van der Waals surface area contributed by atoms with Crippen LogP contribution in [0.1, 0.15) is 198 Å². The van der Waals surface area contributed by atoms with Gasteiger partial charge in [0.15, 0.2) is 23.1 Å². The number of methoxy groups -OCH3 is 3. The van der Waals surface area contributed by atoms with Crippen LogP contribution in [0.4, 0.5) is 13.2 Å². The maximum atomic E-state index is 13.9. The first-order valence-electron chi connectivity index (χ1n) is 29.5. The van der Waals surface area contributed by atoms with Crippen molar-refractivity contribution in [2.24, 2.45) is 4.99 Å². The van der Waals surface area contributed by atoms with Gasteiger partial charge in [-0.15, -0.1) is 0 Å². The third-order valence-corrected chi connectivity index (χ3v) is 16.5. The molecule has 12 rings (SSSR count). The van der Waals surface area contributed by atoms with Gasteiger partial charge >= 0.3 is 0 Å². The monoisotopic (exact) mass is 1230 g/mol. The van der Waals surface area contributed by atoms with E-state index < -0.39 is 0 Å². The third-order valence-electron chi connectivity index (χ3n) is 15.6. The minimum absolute atomic E-state index is 0.0750. The number of aromatic amines is 3. The highest BCUT2D eigenvalue weighted by Gasteiger charge is 2.24. The first-order chi connectivity index (χ1) is 41.0. The number of allylic oxidation sites excluding steroid dienone is 2. The second-order valence-electron chi connectivity index (χ2n) is 23.3. The van der Waals surface area contributed by atoms with E-state index in [2.05, 4.69) is 116 Å². The fourth-order valence-corrected chi connectivity index (χ4v) is 12.1. The van der Waals surface area contributed by atoms with Crippen molar-refractivity contribution in [1.82, 2.24) is 25.1 Å². The van der Waals surface area contributed by atoms with Crippen LogP contribution in [0.5, 0.6) is 17.2 Å². The molecule has 0 saturated carbocycles. The number of rotatable bonds is 10. The lowest BCUT2D eigenvalue weighted by Crippen LogP contribution is -2.02. The van der Waals surface area contributed by atoms with Crippen molar-refractivity contribution in [1.29, 1.82) is 0 Å². The number of halogens is 6. The van der Waals surface area contributed by atoms with E-state index in [1.165, 1.54) is 36.5 Å². The quantitative estimate of drug-likeness (QED) is 0.126. The standard InChI is InChI=1S/C13H15ClO.C13H16FN.C13H15FO.C12H14FNO.2C10H11ClN2/c1-8(2)11-7-12(14)13(15-3)10-6-4-5-9(10)11;1-4-9-7-11(14)12(8(2)3)10-5-6-15-13(9)10;1-8(2)11-7-12(14)13(15-3)10-6-4-5-9(10)11;1-7(2)8-4-11(13)12(15-3)10-6-14-5-9(8)10;1-6(2)9-7-3-4-12-10(7)8(11)5-13-9;1-6(2)7-3-4-9(11)10-8(7)5-12-13-10/h4-5,7-8H,6H2,1-3H3;5-8,15H,4H2,1-3H3;4-5,7-8H,6H2,1-3H3;4-5,7H,6H2,1-3H3;3-6,12H,1-2H3;3-6H,1-2H3,(H,12,13). The number of pyridine rings is 1. The molecule has 4 aromatic heterocycles. The SMILES string of the molecule is CC(C)c1ccc(Cl)c2[nH]ncc12.CC(C)c1ncc(Cl)c2[nH]ccc12.CCc1cc(F)c(C(C)C)c2cc[nH]c12.COc1c(Cl)cc(C(C)C)c2c1CC=C2.COc1c(F)cc(C(C)C)c2c1CC=C2.COc1c(F)cc(C(C)C)c2c1CN=C2. The van der Waals surface area contributed by atoms with Crippen LogP contribution in [0.3, 0.4) is 0 Å². The predicted molar refractivity (Wildman–Crippen MR) is 355 cm³/mol. The van der Waals surface area contributed by atoms with Crippen molar-refractivity contribution in [2.75, 3.05) is 21.3 Å². The summed E-state index contributed by atoms with van der Waals surface area (Å²) in [4.78, 5) is 14.8. The summed E-state index contributed by atoms with van der Waals surface area (Å²) in [6.45, 7) is 27.8. The summed E-state index contributed by atoms with van der Waals surface area (Å²) in [6, 6.07) is 14.8. The summed E-state index contributed by atoms with van der Waals surface area (Å²) < 4.78 is 56.8. The number of benzene rings is 5. The molecular weight excluding hydrogens is 1150 g/mol. The van der Waals surface area contributed by atoms with Crippen molar-refractivity contribution in [2.45, 2.75) is 151 Å². The first kappa shape index (κ1) is 66.5. The van der Waals surface area contributed by atoms with Crippen LogP contribution in [0.15, 0.2) is 90.5 Å². The van der Waals surface area contributed by atoms with Gasteiger partial charge in [-0.1, -0.05) is 155 Å². The molecule has 3 N–H and O–H groups in total. The molecule has 0 radical (unpaired) electrons. The smallest absolute Gasteiger partial charge is 0.165 e. The Kier molecular flexibility index (Phi) is 22.9. The Bertz CT molecular complexity index is 3650. The van der Waals surface area contributed by atoms with Gasteiger partial charge in [0.05, 0.1) is 65.9 Å². The fraction of sp³-hybridized carbons (Fsp3) is 0.366. The molecule has 0 bridgehead atoms. The van der Waals surface area contributed by atoms with E-state index in [0.717, 1.165) is 118 Å². The highest BCUT2D eigenvalue weighted by Crippen LogP contribution is 2.41. The van der Waals surface area contributed by atoms with E-state index in [-0.39, 0.29) is 23.4 Å². The molecule has 3 aliphatic rings. The molecular formula is C71H82Cl3F3N6O3. The molecule has 5 heterocycles. The maximum absolute atomic E-state index is 13.9. The molecule has 1 aliphatic heterocycles. The number of H-pyrrole nitrogens is 3. The maximum Gasteiger partial charge on any atom is 0.165 e. The van der Waals surface area contributed by atoms with E-state index in [9.17, 15) is 13.2 Å². The average Bonchev–Trinajstić information content (AvgIpc) is 2.91. The Balaban J connectivity index is 0.000000148. The van der Waals surface area contributed by atoms with E-state index in [1.54, 1.807) is 31.5 Å². The van der Waals surface area contributed by atoms with Crippen LogP contribution >= 0.6 is 34.8 Å². The van der Waals surface area contributed by atoms with Crippen molar-refractivity contribution in [3.63, 3.8) is 0 Å². The highest BCUT2D eigenvalue weighted by atomic mass is 35.5. The Morgan fingerprint density at radius 3 is 1.59 bits per heavy atom. The van der Waals surface area contributed by atoms with Crippen LogP contribution in [0.2, 0.25) is 15.1 Å². The van der Waals surface area contributed by atoms with Gasteiger partial charge in [-0.3, -0.25) is 15.1 Å². The van der Waals surface area contributed by atoms with Gasteiger partial charge in [0.2, 0.25) is 0 Å². The highest BCUT2D eigenvalue weighted by molar-refractivity contribution is 6.35. The lowest BCUT2D eigenvalue weighted by Gasteiger charge is -2.16. The molecule has 0 amide bonds. The van der Waals surface area contributed by atoms with Crippen LogP contribution < -0.4 is 14.2 Å². The van der Waals surface area contributed by atoms with Gasteiger partial charge in [-0.05, 0) is 142 Å². The Morgan fingerprint density at radius 1 is 0.512 bits per heavy atom. The molecule has 15 heteroatoms. The molecule has 86 heavy (non-hydrogen) atoms. The number of ether oxygens (including phenoxy) is 3. The topological polar surface area (TPSA) is 113 Å². The molecule has 456 valence electrons. The number of fused-ring (bicyclic) bond motifs is 6. The molecule has 0 atom stereocenters. The Hall–Kier alpha value is -6.99. The largest absolute Gasteiger partial charge is 0.495 e. The fourth-order valence-electron chi connectivity index (χ4n) is 11.4. The number of nitrogens with zero attached hydrogens (tertiary/aromatic N) is 3. The Labute approximate surface area is 520 Å². The van der Waals surface area contributed by atoms with Crippen molar-refractivity contribution < 1.29 is 27.4 Å². The molecule has 5 aromatic carbocycles. The predicted octanol–water partition coefficient (Wildman–Crippen LogP) is 21.1. The van der Waals surface area contributed by atoms with Crippen molar-refractivity contribution in [3.8, 4) is 17.2 Å². The van der Waals surface area contributed by atoms with Crippen molar-refractivity contribution in [3.05, 3.63) is 190 Å². The average molecular weight is 1230 g/mol. The zero-order chi connectivity index (χ0) is 62.8. The van der Waals surface area contributed by atoms with E-state index in [4.69, 9.17) is 49.0 Å². The lowest BCUT2D eigenvalue weighted by molar-refractivity contribution is 0.381. The van der Waals surface area contributed by atoms with Crippen LogP contribution in [-0.4, -0.2) is 52.7 Å². The second kappa shape index (κ2) is 29.6. The Morgan fingerprint density at radius 2 is 1.05 bits per heavy atom. The number of hydrogen-bond acceptors (Lipinski definition) is 6. The summed E-state index contributed by atoms with van der Waals surface area (Å²) in [6.07, 6.45) is 20.1. The molecule has 2 aliphatic carbocycles. The molecule has 0 unspecified atom stereocenters. The van der Waals surface area contributed by atoms with Gasteiger partial charge in [-0.2, -0.15) is 5.10 Å². The molecule has 9 aromatic rings. The van der Waals surface area contributed by atoms with Gasteiger partial charge < -0.3 is 24.2 Å². The van der Waals surface area contributed by atoms with E-state index in [1.807, 2.05) is 83.7 Å². The van der Waals surface area contributed by atoms with Crippen molar-refractivity contribution >= 4 is 85.9 Å².